The lowest BCUT2D eigenvalue weighted by Crippen LogP contribution is -2.34. The van der Waals surface area contributed by atoms with Crippen molar-refractivity contribution >= 4 is 0 Å². The van der Waals surface area contributed by atoms with E-state index in [2.05, 4.69) is 25.5 Å². The molecule has 0 aliphatic rings. The van der Waals surface area contributed by atoms with E-state index in [1.807, 2.05) is 13.0 Å². The number of nitrogens with two attached hydrogens (primary N) is 1. The second kappa shape index (κ2) is 5.33. The van der Waals surface area contributed by atoms with Crippen molar-refractivity contribution in [1.29, 1.82) is 0 Å². The van der Waals surface area contributed by atoms with Gasteiger partial charge in [0.2, 0.25) is 0 Å². The van der Waals surface area contributed by atoms with Gasteiger partial charge in [-0.3, -0.25) is 0 Å². The molecule has 0 saturated carbocycles. The maximum Gasteiger partial charge on any atom is 0.0157 e. The van der Waals surface area contributed by atoms with Crippen molar-refractivity contribution in [2.45, 2.75) is 19.9 Å². The Morgan fingerprint density at radius 2 is 2.09 bits per heavy atom. The second-order valence-electron chi connectivity index (χ2n) is 3.35. The summed E-state index contributed by atoms with van der Waals surface area (Å²) < 4.78 is 0. The Balaban J connectivity index is 3.56. The Kier molecular flexibility index (Phi) is 5.16. The topological polar surface area (TPSA) is 29.3 Å². The molecule has 66 valence electrons. The largest absolute Gasteiger partial charge is 0.328 e. The molecule has 11 heavy (non-hydrogen) atoms. The number of nitrogens with zero attached hydrogens (tertiary/aromatic N) is 1. The van der Waals surface area contributed by atoms with Gasteiger partial charge in [-0.15, -0.1) is 6.58 Å². The molecule has 2 atom stereocenters. The van der Waals surface area contributed by atoms with Gasteiger partial charge < -0.3 is 10.6 Å². The lowest BCUT2D eigenvalue weighted by Gasteiger charge is -2.22. The summed E-state index contributed by atoms with van der Waals surface area (Å²) in [5.74, 6) is 0.556. The van der Waals surface area contributed by atoms with Gasteiger partial charge in [-0.25, -0.2) is 0 Å². The Morgan fingerprint density at radius 3 is 2.45 bits per heavy atom. The van der Waals surface area contributed by atoms with Crippen molar-refractivity contribution in [3.8, 4) is 0 Å². The van der Waals surface area contributed by atoms with Crippen LogP contribution in [0, 0.1) is 5.92 Å². The number of hydrogen-bond acceptors (Lipinski definition) is 2. The van der Waals surface area contributed by atoms with Gasteiger partial charge in [0.05, 0.1) is 0 Å². The first kappa shape index (κ1) is 10.7. The van der Waals surface area contributed by atoms with Gasteiger partial charge in [-0.05, 0) is 19.9 Å². The first-order chi connectivity index (χ1) is 5.07. The molecule has 0 heterocycles. The van der Waals surface area contributed by atoms with E-state index < -0.39 is 0 Å². The third-order valence-corrected chi connectivity index (χ3v) is 1.94. The molecule has 2 nitrogen and oxygen atoms in total. The van der Waals surface area contributed by atoms with Gasteiger partial charge in [0.1, 0.15) is 0 Å². The van der Waals surface area contributed by atoms with Crippen LogP contribution in [-0.2, 0) is 0 Å². The summed E-state index contributed by atoms with van der Waals surface area (Å²) in [4.78, 5) is 2.22. The van der Waals surface area contributed by atoms with Crippen LogP contribution < -0.4 is 5.73 Å². The molecule has 2 N–H and O–H groups in total. The maximum atomic E-state index is 5.73. The normalized spacial score (nSPS) is 16.5. The van der Waals surface area contributed by atoms with E-state index >= 15 is 0 Å². The molecule has 2 unspecified atom stereocenters. The van der Waals surface area contributed by atoms with Crippen molar-refractivity contribution in [2.75, 3.05) is 20.1 Å². The summed E-state index contributed by atoms with van der Waals surface area (Å²) in [7, 11) is 2.08. The van der Waals surface area contributed by atoms with E-state index in [1.54, 1.807) is 0 Å². The van der Waals surface area contributed by atoms with Crippen molar-refractivity contribution < 1.29 is 0 Å². The molecular formula is C9H20N2. The summed E-state index contributed by atoms with van der Waals surface area (Å²) in [6.45, 7) is 9.89. The first-order valence-electron chi connectivity index (χ1n) is 4.13. The molecule has 0 amide bonds. The molecule has 0 saturated heterocycles. The fraction of sp³-hybridized carbons (Fsp3) is 0.778. The van der Waals surface area contributed by atoms with E-state index in [-0.39, 0.29) is 6.04 Å². The molecule has 0 aromatic heterocycles. The predicted molar refractivity (Wildman–Crippen MR) is 50.5 cm³/mol. The quantitative estimate of drug-likeness (QED) is 0.604. The van der Waals surface area contributed by atoms with Gasteiger partial charge in [0, 0.05) is 19.1 Å². The van der Waals surface area contributed by atoms with Crippen molar-refractivity contribution in [1.82, 2.24) is 4.90 Å². The number of rotatable bonds is 5. The summed E-state index contributed by atoms with van der Waals surface area (Å²) in [5.41, 5.74) is 5.73. The fourth-order valence-electron chi connectivity index (χ4n) is 0.953. The molecule has 0 aromatic carbocycles. The van der Waals surface area contributed by atoms with E-state index in [0.717, 1.165) is 13.1 Å². The SMILES string of the molecule is C=CCN(C)CC(C)C(C)N. The smallest absolute Gasteiger partial charge is 0.0157 e. The minimum Gasteiger partial charge on any atom is -0.328 e. The van der Waals surface area contributed by atoms with Crippen molar-refractivity contribution in [3.63, 3.8) is 0 Å². The molecule has 0 rings (SSSR count). The maximum absolute atomic E-state index is 5.73. The highest BCUT2D eigenvalue weighted by Gasteiger charge is 2.08. The third kappa shape index (κ3) is 4.99. The highest BCUT2D eigenvalue weighted by Crippen LogP contribution is 2.01. The average molecular weight is 156 g/mol. The van der Waals surface area contributed by atoms with Crippen LogP contribution in [0.5, 0.6) is 0 Å². The lowest BCUT2D eigenvalue weighted by atomic mass is 10.0. The molecule has 0 fully saturated rings. The van der Waals surface area contributed by atoms with Crippen LogP contribution in [0.15, 0.2) is 12.7 Å². The summed E-state index contributed by atoms with van der Waals surface area (Å²) in [6, 6.07) is 0.280. The minimum atomic E-state index is 0.280. The van der Waals surface area contributed by atoms with Crippen LogP contribution in [0.3, 0.4) is 0 Å². The van der Waals surface area contributed by atoms with Gasteiger partial charge in [0.25, 0.3) is 0 Å². The van der Waals surface area contributed by atoms with E-state index in [0.29, 0.717) is 5.92 Å². The molecule has 0 bridgehead atoms. The van der Waals surface area contributed by atoms with Crippen LogP contribution in [0.2, 0.25) is 0 Å². The zero-order valence-electron chi connectivity index (χ0n) is 7.88. The molecule has 0 spiro atoms. The van der Waals surface area contributed by atoms with Crippen LogP contribution in [-0.4, -0.2) is 31.1 Å². The highest BCUT2D eigenvalue weighted by molar-refractivity contribution is 4.74. The minimum absolute atomic E-state index is 0.280. The Labute approximate surface area is 70.1 Å². The fourth-order valence-corrected chi connectivity index (χ4v) is 0.953. The summed E-state index contributed by atoms with van der Waals surface area (Å²) in [6.07, 6.45) is 1.91. The summed E-state index contributed by atoms with van der Waals surface area (Å²) in [5, 5.41) is 0. The number of hydrogen-bond donors (Lipinski definition) is 1. The monoisotopic (exact) mass is 156 g/mol. The van der Waals surface area contributed by atoms with Gasteiger partial charge >= 0.3 is 0 Å². The van der Waals surface area contributed by atoms with Gasteiger partial charge in [-0.1, -0.05) is 13.0 Å². The van der Waals surface area contributed by atoms with E-state index in [1.165, 1.54) is 0 Å². The van der Waals surface area contributed by atoms with Crippen molar-refractivity contribution in [3.05, 3.63) is 12.7 Å². The highest BCUT2D eigenvalue weighted by atomic mass is 15.1. The first-order valence-corrected chi connectivity index (χ1v) is 4.13. The summed E-state index contributed by atoms with van der Waals surface area (Å²) >= 11 is 0. The Hall–Kier alpha value is -0.340. The lowest BCUT2D eigenvalue weighted by molar-refractivity contribution is 0.291. The molecule has 2 heteroatoms. The van der Waals surface area contributed by atoms with Crippen molar-refractivity contribution in [2.24, 2.45) is 11.7 Å². The van der Waals surface area contributed by atoms with Crippen LogP contribution in [0.4, 0.5) is 0 Å². The van der Waals surface area contributed by atoms with Crippen LogP contribution in [0.25, 0.3) is 0 Å². The molecule has 0 aliphatic heterocycles. The molecule has 0 aromatic rings. The van der Waals surface area contributed by atoms with Crippen LogP contribution in [0.1, 0.15) is 13.8 Å². The second-order valence-corrected chi connectivity index (χ2v) is 3.35. The van der Waals surface area contributed by atoms with E-state index in [4.69, 9.17) is 5.73 Å². The molecular weight excluding hydrogens is 136 g/mol. The Morgan fingerprint density at radius 1 is 1.55 bits per heavy atom. The standard InChI is InChI=1S/C9H20N2/c1-5-6-11(4)7-8(2)9(3)10/h5,8-9H,1,6-7,10H2,2-4H3. The molecule has 0 aliphatic carbocycles. The zero-order valence-corrected chi connectivity index (χ0v) is 7.88. The van der Waals surface area contributed by atoms with E-state index in [9.17, 15) is 0 Å². The Bertz CT molecular complexity index is 110. The third-order valence-electron chi connectivity index (χ3n) is 1.94. The molecule has 0 radical (unpaired) electrons. The average Bonchev–Trinajstić information content (AvgIpc) is 1.87. The zero-order chi connectivity index (χ0) is 8.85. The van der Waals surface area contributed by atoms with Crippen LogP contribution >= 0.6 is 0 Å². The van der Waals surface area contributed by atoms with Gasteiger partial charge in [0.15, 0.2) is 0 Å². The predicted octanol–water partition coefficient (Wildman–Crippen LogP) is 1.09. The van der Waals surface area contributed by atoms with Gasteiger partial charge in [-0.2, -0.15) is 0 Å². The number of likely N-dealkylation sites (N-methyl/N-ethyl adjacent to an activating group) is 1.